The van der Waals surface area contributed by atoms with E-state index in [-0.39, 0.29) is 11.6 Å². The first-order valence-corrected chi connectivity index (χ1v) is 6.70. The number of nitrogens with one attached hydrogen (secondary N) is 2. The molecule has 2 N–H and O–H groups in total. The van der Waals surface area contributed by atoms with Crippen molar-refractivity contribution in [2.75, 3.05) is 20.1 Å². The first kappa shape index (κ1) is 14.3. The molecule has 0 saturated heterocycles. The molecule has 2 rings (SSSR count). The summed E-state index contributed by atoms with van der Waals surface area (Å²) >= 11 is 0. The third-order valence-electron chi connectivity index (χ3n) is 3.31. The van der Waals surface area contributed by atoms with Gasteiger partial charge >= 0.3 is 5.69 Å². The zero-order valence-corrected chi connectivity index (χ0v) is 11.8. The Morgan fingerprint density at radius 3 is 2.60 bits per heavy atom. The highest BCUT2D eigenvalue weighted by molar-refractivity contribution is 5.77. The molecular formula is C14H20N4O2. The van der Waals surface area contributed by atoms with E-state index in [1.807, 2.05) is 31.3 Å². The molecule has 1 aromatic carbocycles. The minimum atomic E-state index is -0.0887. The van der Waals surface area contributed by atoms with Crippen LogP contribution in [-0.2, 0) is 18.4 Å². The summed E-state index contributed by atoms with van der Waals surface area (Å²) in [4.78, 5) is 23.8. The number of imidazole rings is 1. The number of aryl methyl sites for hydroxylation is 2. The van der Waals surface area contributed by atoms with Gasteiger partial charge in [0.1, 0.15) is 0 Å². The summed E-state index contributed by atoms with van der Waals surface area (Å²) in [6.07, 6.45) is 0.303. The summed E-state index contributed by atoms with van der Waals surface area (Å²) in [5.41, 5.74) is 1.66. The standard InChI is InChI=1S/C14H20N4O2/c1-15-8-9-16-13(19)7-10-18-12-6-4-3-5-11(12)17(2)14(18)20/h3-6,15H,7-10H2,1-2H3,(H,16,19). The van der Waals surface area contributed by atoms with Gasteiger partial charge < -0.3 is 10.6 Å². The normalized spacial score (nSPS) is 10.9. The Labute approximate surface area is 117 Å². The summed E-state index contributed by atoms with van der Waals surface area (Å²) in [5.74, 6) is -0.0416. The number of fused-ring (bicyclic) bond motifs is 1. The molecule has 108 valence electrons. The first-order chi connectivity index (χ1) is 9.65. The topological polar surface area (TPSA) is 68.1 Å². The van der Waals surface area contributed by atoms with Crippen molar-refractivity contribution in [2.45, 2.75) is 13.0 Å². The van der Waals surface area contributed by atoms with Crippen LogP contribution in [0.4, 0.5) is 0 Å². The van der Waals surface area contributed by atoms with Crippen molar-refractivity contribution >= 4 is 16.9 Å². The van der Waals surface area contributed by atoms with E-state index in [9.17, 15) is 9.59 Å². The molecular weight excluding hydrogens is 256 g/mol. The van der Waals surface area contributed by atoms with Gasteiger partial charge in [0.25, 0.3) is 0 Å². The summed E-state index contributed by atoms with van der Waals surface area (Å²) in [5, 5.41) is 5.76. The van der Waals surface area contributed by atoms with Crippen LogP contribution in [0.25, 0.3) is 11.0 Å². The fraction of sp³-hybridized carbons (Fsp3) is 0.429. The summed E-state index contributed by atoms with van der Waals surface area (Å²) in [6, 6.07) is 7.59. The fourth-order valence-corrected chi connectivity index (χ4v) is 2.21. The number of carbonyl (C=O) groups excluding carboxylic acids is 1. The number of amides is 1. The van der Waals surface area contributed by atoms with E-state index in [2.05, 4.69) is 10.6 Å². The molecule has 20 heavy (non-hydrogen) atoms. The summed E-state index contributed by atoms with van der Waals surface area (Å²) in [7, 11) is 3.58. The Kier molecular flexibility index (Phi) is 4.57. The third-order valence-corrected chi connectivity index (χ3v) is 3.31. The van der Waals surface area contributed by atoms with Gasteiger partial charge in [-0.25, -0.2) is 4.79 Å². The minimum Gasteiger partial charge on any atom is -0.355 e. The minimum absolute atomic E-state index is 0.0416. The molecule has 1 heterocycles. The molecule has 0 saturated carbocycles. The molecule has 0 aliphatic rings. The molecule has 1 amide bonds. The number of para-hydroxylation sites is 2. The van der Waals surface area contributed by atoms with Crippen molar-refractivity contribution in [3.8, 4) is 0 Å². The lowest BCUT2D eigenvalue weighted by atomic mass is 10.3. The second-order valence-corrected chi connectivity index (χ2v) is 4.69. The van der Waals surface area contributed by atoms with Gasteiger partial charge in [-0.15, -0.1) is 0 Å². The SMILES string of the molecule is CNCCNC(=O)CCn1c(=O)n(C)c2ccccc21. The molecule has 0 unspecified atom stereocenters. The lowest BCUT2D eigenvalue weighted by Gasteiger charge is -2.05. The van der Waals surface area contributed by atoms with E-state index in [1.165, 1.54) is 0 Å². The molecule has 0 fully saturated rings. The van der Waals surface area contributed by atoms with Crippen LogP contribution < -0.4 is 16.3 Å². The van der Waals surface area contributed by atoms with Crippen molar-refractivity contribution in [3.63, 3.8) is 0 Å². The monoisotopic (exact) mass is 276 g/mol. The van der Waals surface area contributed by atoms with Crippen molar-refractivity contribution < 1.29 is 4.79 Å². The fourth-order valence-electron chi connectivity index (χ4n) is 2.21. The highest BCUT2D eigenvalue weighted by atomic mass is 16.2. The van der Waals surface area contributed by atoms with Gasteiger partial charge in [0.05, 0.1) is 11.0 Å². The molecule has 0 aliphatic carbocycles. The van der Waals surface area contributed by atoms with E-state index in [0.717, 1.165) is 17.6 Å². The smallest absolute Gasteiger partial charge is 0.328 e. The van der Waals surface area contributed by atoms with Gasteiger partial charge in [0, 0.05) is 33.1 Å². The van der Waals surface area contributed by atoms with Gasteiger partial charge in [-0.1, -0.05) is 12.1 Å². The van der Waals surface area contributed by atoms with Crippen LogP contribution in [0.5, 0.6) is 0 Å². The molecule has 0 radical (unpaired) electrons. The molecule has 0 spiro atoms. The van der Waals surface area contributed by atoms with Crippen LogP contribution in [-0.4, -0.2) is 35.2 Å². The molecule has 6 heteroatoms. The molecule has 1 aromatic heterocycles. The Hall–Kier alpha value is -2.08. The second-order valence-electron chi connectivity index (χ2n) is 4.69. The quantitative estimate of drug-likeness (QED) is 0.733. The van der Waals surface area contributed by atoms with Gasteiger partial charge in [-0.3, -0.25) is 13.9 Å². The number of benzene rings is 1. The van der Waals surface area contributed by atoms with E-state index in [4.69, 9.17) is 0 Å². The summed E-state index contributed by atoms with van der Waals surface area (Å²) < 4.78 is 3.25. The van der Waals surface area contributed by atoms with Gasteiger partial charge in [-0.05, 0) is 19.2 Å². The molecule has 2 aromatic rings. The van der Waals surface area contributed by atoms with Crippen LogP contribution in [0, 0.1) is 0 Å². The molecule has 0 bridgehead atoms. The van der Waals surface area contributed by atoms with E-state index < -0.39 is 0 Å². The number of likely N-dealkylation sites (N-methyl/N-ethyl adjacent to an activating group) is 1. The van der Waals surface area contributed by atoms with Crippen molar-refractivity contribution in [1.29, 1.82) is 0 Å². The first-order valence-electron chi connectivity index (χ1n) is 6.70. The van der Waals surface area contributed by atoms with Crippen LogP contribution in [0.15, 0.2) is 29.1 Å². The number of aromatic nitrogens is 2. The predicted octanol–water partition coefficient (Wildman–Crippen LogP) is 0.0657. The van der Waals surface area contributed by atoms with Crippen molar-refractivity contribution in [3.05, 3.63) is 34.7 Å². The average molecular weight is 276 g/mol. The van der Waals surface area contributed by atoms with Crippen LogP contribution in [0.1, 0.15) is 6.42 Å². The molecule has 6 nitrogen and oxygen atoms in total. The van der Waals surface area contributed by atoms with Crippen molar-refractivity contribution in [1.82, 2.24) is 19.8 Å². The van der Waals surface area contributed by atoms with Crippen LogP contribution in [0.3, 0.4) is 0 Å². The van der Waals surface area contributed by atoms with Gasteiger partial charge in [-0.2, -0.15) is 0 Å². The third kappa shape index (κ3) is 2.91. The van der Waals surface area contributed by atoms with E-state index in [0.29, 0.717) is 19.5 Å². The van der Waals surface area contributed by atoms with Gasteiger partial charge in [0.15, 0.2) is 0 Å². The largest absolute Gasteiger partial charge is 0.355 e. The Balaban J connectivity index is 2.09. The Morgan fingerprint density at radius 1 is 1.20 bits per heavy atom. The predicted molar refractivity (Wildman–Crippen MR) is 78.7 cm³/mol. The van der Waals surface area contributed by atoms with Crippen LogP contribution >= 0.6 is 0 Å². The number of carbonyl (C=O) groups is 1. The number of rotatable bonds is 6. The van der Waals surface area contributed by atoms with Crippen molar-refractivity contribution in [2.24, 2.45) is 7.05 Å². The lowest BCUT2D eigenvalue weighted by molar-refractivity contribution is -0.121. The maximum atomic E-state index is 12.1. The zero-order chi connectivity index (χ0) is 14.5. The highest BCUT2D eigenvalue weighted by Gasteiger charge is 2.10. The molecule has 0 aliphatic heterocycles. The average Bonchev–Trinajstić information content (AvgIpc) is 2.70. The maximum Gasteiger partial charge on any atom is 0.328 e. The van der Waals surface area contributed by atoms with Gasteiger partial charge in [0.2, 0.25) is 5.91 Å². The second kappa shape index (κ2) is 6.38. The summed E-state index contributed by atoms with van der Waals surface area (Å²) in [6.45, 7) is 1.73. The maximum absolute atomic E-state index is 12.1. The Morgan fingerprint density at radius 2 is 1.90 bits per heavy atom. The Bertz CT molecular complexity index is 657. The lowest BCUT2D eigenvalue weighted by Crippen LogP contribution is -2.32. The molecule has 0 atom stereocenters. The number of hydrogen-bond donors (Lipinski definition) is 2. The number of nitrogens with zero attached hydrogens (tertiary/aromatic N) is 2. The van der Waals surface area contributed by atoms with Crippen LogP contribution in [0.2, 0.25) is 0 Å². The van der Waals surface area contributed by atoms with E-state index in [1.54, 1.807) is 16.2 Å². The zero-order valence-electron chi connectivity index (χ0n) is 11.8. The van der Waals surface area contributed by atoms with E-state index >= 15 is 0 Å². The highest BCUT2D eigenvalue weighted by Crippen LogP contribution is 2.11. The number of hydrogen-bond acceptors (Lipinski definition) is 3.